The molecule has 130 valence electrons. The van der Waals surface area contributed by atoms with Crippen molar-refractivity contribution < 1.29 is 9.59 Å². The summed E-state index contributed by atoms with van der Waals surface area (Å²) in [6.45, 7) is 0.435. The lowest BCUT2D eigenvalue weighted by Gasteiger charge is -2.31. The highest BCUT2D eigenvalue weighted by molar-refractivity contribution is 5.93. The van der Waals surface area contributed by atoms with Gasteiger partial charge in [-0.25, -0.2) is 0 Å². The van der Waals surface area contributed by atoms with Gasteiger partial charge in [0.25, 0.3) is 0 Å². The number of carbonyl (C=O) groups excluding carboxylic acids is 2. The van der Waals surface area contributed by atoms with E-state index in [0.717, 1.165) is 62.6 Å². The molecule has 5 heteroatoms. The van der Waals surface area contributed by atoms with Crippen molar-refractivity contribution in [2.24, 2.45) is 11.7 Å². The fraction of sp³-hybridized carbons (Fsp3) is 0.579. The highest BCUT2D eigenvalue weighted by Crippen LogP contribution is 2.28. The average molecular weight is 329 g/mol. The molecule has 2 amide bonds. The lowest BCUT2D eigenvalue weighted by molar-refractivity contribution is -0.127. The van der Waals surface area contributed by atoms with Crippen molar-refractivity contribution in [2.45, 2.75) is 63.5 Å². The van der Waals surface area contributed by atoms with E-state index in [1.54, 1.807) is 0 Å². The number of anilines is 1. The Balaban J connectivity index is 1.54. The molecule has 2 fully saturated rings. The standard InChI is InChI=1S/C19H27N3O2/c20-19(10-2-1-3-11-19)18(24)21-13-14-6-4-9-16(12-14)22-17(23)15-7-5-8-15/h4,6,9,12,15H,1-3,5,7-8,10-11,13,20H2,(H,21,24)(H,22,23). The van der Waals surface area contributed by atoms with Gasteiger partial charge in [0.2, 0.25) is 11.8 Å². The number of hydrogen-bond donors (Lipinski definition) is 3. The summed E-state index contributed by atoms with van der Waals surface area (Å²) >= 11 is 0. The molecule has 0 unspecified atom stereocenters. The van der Waals surface area contributed by atoms with Crippen molar-refractivity contribution in [3.8, 4) is 0 Å². The summed E-state index contributed by atoms with van der Waals surface area (Å²) < 4.78 is 0. The Bertz CT molecular complexity index is 604. The number of nitrogens with two attached hydrogens (primary N) is 1. The third kappa shape index (κ3) is 3.96. The number of nitrogens with one attached hydrogen (secondary N) is 2. The van der Waals surface area contributed by atoms with Crippen LogP contribution in [-0.4, -0.2) is 17.4 Å². The van der Waals surface area contributed by atoms with Crippen molar-refractivity contribution >= 4 is 17.5 Å². The highest BCUT2D eigenvalue weighted by atomic mass is 16.2. The zero-order valence-corrected chi connectivity index (χ0v) is 14.1. The third-order valence-electron chi connectivity index (χ3n) is 5.32. The number of benzene rings is 1. The maximum absolute atomic E-state index is 12.4. The van der Waals surface area contributed by atoms with E-state index in [0.29, 0.717) is 6.54 Å². The largest absolute Gasteiger partial charge is 0.350 e. The van der Waals surface area contributed by atoms with E-state index in [1.807, 2.05) is 24.3 Å². The Morgan fingerprint density at radius 3 is 2.54 bits per heavy atom. The smallest absolute Gasteiger partial charge is 0.240 e. The zero-order chi connectivity index (χ0) is 17.0. The lowest BCUT2D eigenvalue weighted by atomic mass is 9.82. The normalized spacial score (nSPS) is 20.0. The molecule has 0 aromatic heterocycles. The Hall–Kier alpha value is -1.88. The van der Waals surface area contributed by atoms with Crippen LogP contribution in [0.25, 0.3) is 0 Å². The minimum Gasteiger partial charge on any atom is -0.350 e. The lowest BCUT2D eigenvalue weighted by Crippen LogP contribution is -2.54. The first-order valence-corrected chi connectivity index (χ1v) is 9.04. The molecule has 0 spiro atoms. The summed E-state index contributed by atoms with van der Waals surface area (Å²) in [6.07, 6.45) is 7.84. The first-order valence-electron chi connectivity index (χ1n) is 9.04. The van der Waals surface area contributed by atoms with Crippen molar-refractivity contribution in [1.82, 2.24) is 5.32 Å². The fourth-order valence-electron chi connectivity index (χ4n) is 3.44. The molecule has 0 aliphatic heterocycles. The Morgan fingerprint density at radius 1 is 1.12 bits per heavy atom. The molecular formula is C19H27N3O2. The van der Waals surface area contributed by atoms with Gasteiger partial charge in [0.05, 0.1) is 5.54 Å². The minimum atomic E-state index is -0.714. The van der Waals surface area contributed by atoms with E-state index in [2.05, 4.69) is 10.6 Å². The van der Waals surface area contributed by atoms with Crippen molar-refractivity contribution in [3.05, 3.63) is 29.8 Å². The molecule has 2 aliphatic rings. The molecule has 1 aromatic rings. The second-order valence-corrected chi connectivity index (χ2v) is 7.22. The molecule has 3 rings (SSSR count). The number of amides is 2. The second kappa shape index (κ2) is 7.34. The monoisotopic (exact) mass is 329 g/mol. The minimum absolute atomic E-state index is 0.0638. The van der Waals surface area contributed by atoms with E-state index in [4.69, 9.17) is 5.73 Å². The van der Waals surface area contributed by atoms with Gasteiger partial charge in [-0.15, -0.1) is 0 Å². The van der Waals surface area contributed by atoms with Gasteiger partial charge in [0.15, 0.2) is 0 Å². The summed E-state index contributed by atoms with van der Waals surface area (Å²) in [7, 11) is 0. The molecule has 0 saturated heterocycles. The molecule has 24 heavy (non-hydrogen) atoms. The molecular weight excluding hydrogens is 302 g/mol. The predicted molar refractivity (Wildman–Crippen MR) is 94.3 cm³/mol. The molecule has 4 N–H and O–H groups in total. The Kier molecular flexibility index (Phi) is 5.19. The maximum Gasteiger partial charge on any atom is 0.240 e. The van der Waals surface area contributed by atoms with Gasteiger partial charge in [-0.05, 0) is 43.4 Å². The molecule has 0 heterocycles. The average Bonchev–Trinajstić information content (AvgIpc) is 2.52. The first-order chi connectivity index (χ1) is 11.6. The van der Waals surface area contributed by atoms with Gasteiger partial charge in [-0.2, -0.15) is 0 Å². The summed E-state index contributed by atoms with van der Waals surface area (Å²) in [5.41, 5.74) is 7.29. The fourth-order valence-corrected chi connectivity index (χ4v) is 3.44. The topological polar surface area (TPSA) is 84.2 Å². The molecule has 5 nitrogen and oxygen atoms in total. The van der Waals surface area contributed by atoms with Crippen LogP contribution >= 0.6 is 0 Å². The quantitative estimate of drug-likeness (QED) is 0.776. The number of carbonyl (C=O) groups is 2. The Labute approximate surface area is 143 Å². The van der Waals surface area contributed by atoms with E-state index >= 15 is 0 Å². The molecule has 0 atom stereocenters. The SMILES string of the molecule is NC1(C(=O)NCc2cccc(NC(=O)C3CCC3)c2)CCCCC1. The van der Waals surface area contributed by atoms with Crippen LogP contribution < -0.4 is 16.4 Å². The van der Waals surface area contributed by atoms with Gasteiger partial charge in [-0.3, -0.25) is 9.59 Å². The van der Waals surface area contributed by atoms with Gasteiger partial charge in [0.1, 0.15) is 0 Å². The van der Waals surface area contributed by atoms with E-state index in [1.165, 1.54) is 0 Å². The van der Waals surface area contributed by atoms with Gasteiger partial charge in [-0.1, -0.05) is 37.8 Å². The Morgan fingerprint density at radius 2 is 1.88 bits per heavy atom. The molecule has 0 radical (unpaired) electrons. The van der Waals surface area contributed by atoms with Crippen molar-refractivity contribution in [1.29, 1.82) is 0 Å². The summed E-state index contributed by atoms with van der Waals surface area (Å²) in [6, 6.07) is 7.65. The number of hydrogen-bond acceptors (Lipinski definition) is 3. The molecule has 2 saturated carbocycles. The van der Waals surface area contributed by atoms with E-state index in [-0.39, 0.29) is 17.7 Å². The number of rotatable bonds is 5. The van der Waals surface area contributed by atoms with Crippen LogP contribution in [0.15, 0.2) is 24.3 Å². The summed E-state index contributed by atoms with van der Waals surface area (Å²) in [5, 5.41) is 5.92. The zero-order valence-electron chi connectivity index (χ0n) is 14.1. The van der Waals surface area contributed by atoms with Crippen LogP contribution in [0.5, 0.6) is 0 Å². The van der Waals surface area contributed by atoms with E-state index < -0.39 is 5.54 Å². The summed E-state index contributed by atoms with van der Waals surface area (Å²) in [5.74, 6) is 0.202. The van der Waals surface area contributed by atoms with Crippen LogP contribution in [0, 0.1) is 5.92 Å². The molecule has 2 aliphatic carbocycles. The van der Waals surface area contributed by atoms with Crippen molar-refractivity contribution in [3.63, 3.8) is 0 Å². The van der Waals surface area contributed by atoms with Gasteiger partial charge < -0.3 is 16.4 Å². The van der Waals surface area contributed by atoms with Crippen LogP contribution in [-0.2, 0) is 16.1 Å². The first kappa shape index (κ1) is 17.0. The maximum atomic E-state index is 12.4. The third-order valence-corrected chi connectivity index (χ3v) is 5.32. The van der Waals surface area contributed by atoms with Crippen molar-refractivity contribution in [2.75, 3.05) is 5.32 Å². The summed E-state index contributed by atoms with van der Waals surface area (Å²) in [4.78, 5) is 24.4. The highest BCUT2D eigenvalue weighted by Gasteiger charge is 2.34. The predicted octanol–water partition coefficient (Wildman–Crippen LogP) is 2.70. The van der Waals surface area contributed by atoms with Crippen LogP contribution in [0.1, 0.15) is 56.9 Å². The van der Waals surface area contributed by atoms with E-state index in [9.17, 15) is 9.59 Å². The second-order valence-electron chi connectivity index (χ2n) is 7.22. The molecule has 0 bridgehead atoms. The molecule has 1 aromatic carbocycles. The van der Waals surface area contributed by atoms with Crippen LogP contribution in [0.4, 0.5) is 5.69 Å². The van der Waals surface area contributed by atoms with Gasteiger partial charge >= 0.3 is 0 Å². The van der Waals surface area contributed by atoms with Gasteiger partial charge in [0, 0.05) is 18.2 Å². The van der Waals surface area contributed by atoms with Crippen LogP contribution in [0.3, 0.4) is 0 Å². The van der Waals surface area contributed by atoms with Crippen LogP contribution in [0.2, 0.25) is 0 Å².